The van der Waals surface area contributed by atoms with Crippen molar-refractivity contribution in [2.75, 3.05) is 20.3 Å². The molecule has 1 aromatic heterocycles. The predicted molar refractivity (Wildman–Crippen MR) is 94.8 cm³/mol. The van der Waals surface area contributed by atoms with Gasteiger partial charge in [-0.05, 0) is 20.3 Å². The van der Waals surface area contributed by atoms with Crippen LogP contribution < -0.4 is 11.2 Å². The van der Waals surface area contributed by atoms with Crippen LogP contribution in [0.5, 0.6) is 0 Å². The van der Waals surface area contributed by atoms with Crippen LogP contribution in [0.15, 0.2) is 21.9 Å². The van der Waals surface area contributed by atoms with E-state index in [1.807, 2.05) is 0 Å². The summed E-state index contributed by atoms with van der Waals surface area (Å²) in [6, 6.07) is 1.19. The van der Waals surface area contributed by atoms with Crippen LogP contribution in [0, 0.1) is 5.92 Å². The Labute approximate surface area is 155 Å². The molecule has 0 radical (unpaired) electrons. The topological polar surface area (TPSA) is 129 Å². The van der Waals surface area contributed by atoms with E-state index in [2.05, 4.69) is 4.98 Å². The molecular weight excluding hydrogens is 379 g/mol. The van der Waals surface area contributed by atoms with Crippen molar-refractivity contribution < 1.29 is 28.2 Å². The number of aromatic nitrogens is 2. The summed E-state index contributed by atoms with van der Waals surface area (Å²) < 4.78 is 36.1. The second kappa shape index (κ2) is 7.98. The van der Waals surface area contributed by atoms with E-state index in [4.69, 9.17) is 18.5 Å². The lowest BCUT2D eigenvalue weighted by molar-refractivity contribution is -0.0572. The highest BCUT2D eigenvalue weighted by molar-refractivity contribution is 7.55. The molecule has 1 saturated heterocycles. The fourth-order valence-corrected chi connectivity index (χ4v) is 5.96. The molecule has 11 heteroatoms. The normalized spacial score (nSPS) is 33.3. The lowest BCUT2D eigenvalue weighted by atomic mass is 10.1. The van der Waals surface area contributed by atoms with Gasteiger partial charge < -0.3 is 23.6 Å². The van der Waals surface area contributed by atoms with Crippen LogP contribution in [0.2, 0.25) is 0 Å². The highest BCUT2D eigenvalue weighted by atomic mass is 31.2. The molecule has 2 N–H and O–H groups in total. The van der Waals surface area contributed by atoms with Crippen molar-refractivity contribution in [1.29, 1.82) is 0 Å². The van der Waals surface area contributed by atoms with Gasteiger partial charge in [-0.1, -0.05) is 0 Å². The standard InChI is InChI=1S/C16H25N2O8P/c1-4-24-27(22,25-5-2)10-8-9(10)13-12(20)14(23-3)15(26-13)18-7-6-11(19)17-16(18)21/h6-7,9-10,12-15,20H,4-5,8H2,1-3H3,(H,17,19,21)/t9?,10?,12?,13-,14+,15-/m1/s1. The van der Waals surface area contributed by atoms with E-state index in [1.165, 1.54) is 23.9 Å². The molecule has 1 aliphatic heterocycles. The smallest absolute Gasteiger partial charge is 0.334 e. The van der Waals surface area contributed by atoms with Crippen molar-refractivity contribution >= 4 is 7.60 Å². The lowest BCUT2D eigenvalue weighted by Gasteiger charge is -2.20. The minimum atomic E-state index is -3.30. The Kier molecular flexibility index (Phi) is 6.05. The number of aliphatic hydroxyl groups excluding tert-OH is 1. The summed E-state index contributed by atoms with van der Waals surface area (Å²) >= 11 is 0. The summed E-state index contributed by atoms with van der Waals surface area (Å²) in [4.78, 5) is 25.5. The van der Waals surface area contributed by atoms with Gasteiger partial charge in [-0.3, -0.25) is 18.9 Å². The molecule has 0 aromatic carbocycles. The van der Waals surface area contributed by atoms with E-state index in [0.717, 1.165) is 0 Å². The molecular formula is C16H25N2O8P. The number of nitrogens with one attached hydrogen (secondary N) is 1. The van der Waals surface area contributed by atoms with E-state index in [1.54, 1.807) is 13.8 Å². The number of nitrogens with zero attached hydrogens (tertiary/aromatic N) is 1. The third-order valence-corrected chi connectivity index (χ3v) is 7.54. The number of aliphatic hydroxyl groups is 1. The maximum Gasteiger partial charge on any atom is 0.334 e. The Balaban J connectivity index is 1.81. The summed E-state index contributed by atoms with van der Waals surface area (Å²) in [5.41, 5.74) is -1.57. The van der Waals surface area contributed by atoms with Crippen LogP contribution in [-0.2, 0) is 23.1 Å². The van der Waals surface area contributed by atoms with Gasteiger partial charge >= 0.3 is 13.3 Å². The molecule has 3 rings (SSSR count). The summed E-state index contributed by atoms with van der Waals surface area (Å²) in [5.74, 6) is -0.245. The fraction of sp³-hybridized carbons (Fsp3) is 0.750. The molecule has 2 heterocycles. The van der Waals surface area contributed by atoms with Gasteiger partial charge in [0.2, 0.25) is 0 Å². The van der Waals surface area contributed by atoms with E-state index < -0.39 is 43.4 Å². The number of aromatic amines is 1. The number of ether oxygens (including phenoxy) is 2. The quantitative estimate of drug-likeness (QED) is 0.598. The van der Waals surface area contributed by atoms with Gasteiger partial charge in [0, 0.05) is 25.3 Å². The summed E-state index contributed by atoms with van der Waals surface area (Å²) in [6.07, 6.45) is -1.66. The average molecular weight is 404 g/mol. The van der Waals surface area contributed by atoms with Crippen LogP contribution >= 0.6 is 7.60 Å². The molecule has 1 saturated carbocycles. The average Bonchev–Trinajstić information content (AvgIpc) is 3.34. The Hall–Kier alpha value is -1.29. The zero-order valence-electron chi connectivity index (χ0n) is 15.4. The van der Waals surface area contributed by atoms with Gasteiger partial charge in [0.25, 0.3) is 5.56 Å². The van der Waals surface area contributed by atoms with Crippen LogP contribution in [0.1, 0.15) is 26.5 Å². The molecule has 152 valence electrons. The van der Waals surface area contributed by atoms with Gasteiger partial charge in [-0.25, -0.2) is 4.79 Å². The second-order valence-corrected chi connectivity index (χ2v) is 8.80. The van der Waals surface area contributed by atoms with Crippen LogP contribution in [0.25, 0.3) is 0 Å². The molecule has 2 fully saturated rings. The molecule has 3 unspecified atom stereocenters. The third kappa shape index (κ3) is 3.83. The van der Waals surface area contributed by atoms with Crippen LogP contribution in [0.4, 0.5) is 0 Å². The fourth-order valence-electron chi connectivity index (χ4n) is 3.64. The molecule has 0 spiro atoms. The largest absolute Gasteiger partial charge is 0.387 e. The molecule has 0 bridgehead atoms. The predicted octanol–water partition coefficient (Wildman–Crippen LogP) is 0.465. The SMILES string of the molecule is CCOP(=O)(OCC)C1CC1[C@H]1O[C@@H](n2ccc(=O)[nH]c2=O)[C@@H](OC)C1O. The van der Waals surface area contributed by atoms with E-state index in [-0.39, 0.29) is 24.8 Å². The third-order valence-electron chi connectivity index (χ3n) is 4.90. The van der Waals surface area contributed by atoms with Crippen molar-refractivity contribution in [3.05, 3.63) is 33.1 Å². The Bertz CT molecular complexity index is 813. The Morgan fingerprint density at radius 2 is 2.00 bits per heavy atom. The number of methoxy groups -OCH3 is 1. The molecule has 2 aliphatic rings. The van der Waals surface area contributed by atoms with Crippen molar-refractivity contribution in [1.82, 2.24) is 9.55 Å². The summed E-state index contributed by atoms with van der Waals surface area (Å²) in [5, 5.41) is 10.7. The first-order chi connectivity index (χ1) is 12.9. The first kappa shape index (κ1) is 20.4. The lowest BCUT2D eigenvalue weighted by Crippen LogP contribution is -2.38. The van der Waals surface area contributed by atoms with Gasteiger partial charge in [0.1, 0.15) is 12.2 Å². The molecule has 6 atom stereocenters. The maximum atomic E-state index is 12.9. The van der Waals surface area contributed by atoms with E-state index >= 15 is 0 Å². The molecule has 27 heavy (non-hydrogen) atoms. The zero-order chi connectivity index (χ0) is 19.8. The van der Waals surface area contributed by atoms with Gasteiger partial charge in [0.05, 0.1) is 25.0 Å². The van der Waals surface area contributed by atoms with Crippen molar-refractivity contribution in [3.63, 3.8) is 0 Å². The first-order valence-electron chi connectivity index (χ1n) is 8.92. The summed E-state index contributed by atoms with van der Waals surface area (Å²) in [7, 11) is -1.90. The highest BCUT2D eigenvalue weighted by Crippen LogP contribution is 2.67. The van der Waals surface area contributed by atoms with Crippen molar-refractivity contribution in [2.45, 2.75) is 50.5 Å². The zero-order valence-corrected chi connectivity index (χ0v) is 16.3. The minimum Gasteiger partial charge on any atom is -0.387 e. The van der Waals surface area contributed by atoms with Crippen LogP contribution in [0.3, 0.4) is 0 Å². The van der Waals surface area contributed by atoms with Crippen molar-refractivity contribution in [3.8, 4) is 0 Å². The number of H-pyrrole nitrogens is 1. The first-order valence-corrected chi connectivity index (χ1v) is 10.5. The molecule has 1 aromatic rings. The Morgan fingerprint density at radius 1 is 1.33 bits per heavy atom. The highest BCUT2D eigenvalue weighted by Gasteiger charge is 2.61. The van der Waals surface area contributed by atoms with Gasteiger partial charge in [-0.2, -0.15) is 0 Å². The molecule has 10 nitrogen and oxygen atoms in total. The monoisotopic (exact) mass is 404 g/mol. The minimum absolute atomic E-state index is 0.245. The Morgan fingerprint density at radius 3 is 2.56 bits per heavy atom. The number of hydrogen-bond donors (Lipinski definition) is 2. The van der Waals surface area contributed by atoms with Crippen LogP contribution in [-0.4, -0.2) is 59.0 Å². The van der Waals surface area contributed by atoms with Gasteiger partial charge in [-0.15, -0.1) is 0 Å². The van der Waals surface area contributed by atoms with Crippen molar-refractivity contribution in [2.24, 2.45) is 5.92 Å². The number of hydrogen-bond acceptors (Lipinski definition) is 8. The van der Waals surface area contributed by atoms with Gasteiger partial charge in [0.15, 0.2) is 6.23 Å². The maximum absolute atomic E-state index is 12.9. The number of rotatable bonds is 8. The molecule has 1 aliphatic carbocycles. The van der Waals surface area contributed by atoms with E-state index in [0.29, 0.717) is 6.42 Å². The second-order valence-electron chi connectivity index (χ2n) is 6.54. The summed E-state index contributed by atoms with van der Waals surface area (Å²) in [6.45, 7) is 3.99. The molecule has 0 amide bonds. The van der Waals surface area contributed by atoms with E-state index in [9.17, 15) is 19.3 Å².